The monoisotopic (exact) mass is 333 g/mol. The molecule has 0 unspecified atom stereocenters. The molecule has 1 amide bonds. The van der Waals surface area contributed by atoms with Crippen LogP contribution in [0.3, 0.4) is 0 Å². The number of halogens is 3. The minimum atomic E-state index is -4.35. The molecule has 120 valence electrons. The van der Waals surface area contributed by atoms with Crippen LogP contribution in [0, 0.1) is 0 Å². The summed E-state index contributed by atoms with van der Waals surface area (Å²) < 4.78 is 36.6. The summed E-state index contributed by atoms with van der Waals surface area (Å²) in [6, 6.07) is 5.12. The number of carboxylic acid groups (broad SMARTS) is 1. The number of alkyl halides is 3. The average Bonchev–Trinajstić information content (AvgIpc) is 2.37. The lowest BCUT2D eigenvalue weighted by atomic mass is 10.1. The van der Waals surface area contributed by atoms with E-state index in [0.717, 1.165) is 0 Å². The second kappa shape index (κ2) is 7.35. The van der Waals surface area contributed by atoms with Crippen molar-refractivity contribution >= 4 is 23.6 Å². The Bertz CT molecular complexity index is 570. The molecule has 1 aromatic carbocycles. The number of nitrogens with one attached hydrogen (secondary N) is 1. The highest BCUT2D eigenvalue weighted by molar-refractivity contribution is 8.00. The van der Waals surface area contributed by atoms with Crippen molar-refractivity contribution in [2.75, 3.05) is 0 Å². The van der Waals surface area contributed by atoms with E-state index >= 15 is 0 Å². The Morgan fingerprint density at radius 3 is 2.32 bits per heavy atom. The number of carboxylic acids is 1. The van der Waals surface area contributed by atoms with Gasteiger partial charge in [-0.05, 0) is 36.4 Å². The molecule has 2 N–H and O–H groups in total. The summed E-state index contributed by atoms with van der Waals surface area (Å²) in [5, 5.41) is 11.2. The van der Waals surface area contributed by atoms with E-state index in [1.165, 1.54) is 24.3 Å². The highest BCUT2D eigenvalue weighted by atomic mass is 32.2. The van der Waals surface area contributed by atoms with Crippen molar-refractivity contribution in [3.63, 3.8) is 0 Å². The molecule has 0 radical (unpaired) electrons. The van der Waals surface area contributed by atoms with Gasteiger partial charge in [-0.3, -0.25) is 4.79 Å². The predicted octanol–water partition coefficient (Wildman–Crippen LogP) is 3.51. The van der Waals surface area contributed by atoms with Crippen LogP contribution in [0.4, 0.5) is 13.2 Å². The first-order chi connectivity index (χ1) is 10.1. The van der Waals surface area contributed by atoms with Gasteiger partial charge in [-0.25, -0.2) is 4.79 Å². The van der Waals surface area contributed by atoms with Gasteiger partial charge in [0.25, 0.3) is 0 Å². The fourth-order valence-electron chi connectivity index (χ4n) is 1.60. The first kappa shape index (κ1) is 18.1. The lowest BCUT2D eigenvalue weighted by Crippen LogP contribution is -2.27. The van der Waals surface area contributed by atoms with E-state index < -0.39 is 23.4 Å². The molecule has 1 rings (SSSR count). The molecule has 0 saturated heterocycles. The summed E-state index contributed by atoms with van der Waals surface area (Å²) in [6.07, 6.45) is -0.346. The SMILES string of the molecule is C=C(CC(=O)N[C@@H](C)c1ccc(SC(F)(F)F)cc1)C(=O)O. The molecule has 8 heteroatoms. The molecule has 0 spiro atoms. The summed E-state index contributed by atoms with van der Waals surface area (Å²) in [5.74, 6) is -1.77. The van der Waals surface area contributed by atoms with Crippen molar-refractivity contribution in [1.82, 2.24) is 5.32 Å². The maximum atomic E-state index is 12.2. The Labute approximate surface area is 129 Å². The van der Waals surface area contributed by atoms with Crippen LogP contribution in [0.25, 0.3) is 0 Å². The minimum Gasteiger partial charge on any atom is -0.478 e. The molecule has 0 bridgehead atoms. The van der Waals surface area contributed by atoms with Crippen molar-refractivity contribution in [3.05, 3.63) is 42.0 Å². The molecule has 1 aromatic rings. The highest BCUT2D eigenvalue weighted by Crippen LogP contribution is 2.36. The standard InChI is InChI=1S/C14H14F3NO3S/c1-8(13(20)21)7-12(19)18-9(2)10-3-5-11(6-4-10)22-14(15,16)17/h3-6,9H,1,7H2,2H3,(H,18,19)(H,20,21)/t9-/m0/s1. The third kappa shape index (κ3) is 6.21. The summed E-state index contributed by atoms with van der Waals surface area (Å²) >= 11 is -0.218. The van der Waals surface area contributed by atoms with E-state index in [4.69, 9.17) is 5.11 Å². The van der Waals surface area contributed by atoms with Gasteiger partial charge in [-0.2, -0.15) is 13.2 Å². The molecular formula is C14H14F3NO3S. The molecular weight excluding hydrogens is 319 g/mol. The van der Waals surface area contributed by atoms with Crippen molar-refractivity contribution < 1.29 is 27.9 Å². The Balaban J connectivity index is 2.62. The number of hydrogen-bond donors (Lipinski definition) is 2. The number of rotatable bonds is 6. The van der Waals surface area contributed by atoms with Crippen LogP contribution in [-0.2, 0) is 9.59 Å². The summed E-state index contributed by atoms with van der Waals surface area (Å²) in [5.41, 5.74) is -3.97. The van der Waals surface area contributed by atoms with E-state index in [1.54, 1.807) is 6.92 Å². The molecule has 0 saturated carbocycles. The molecule has 0 aliphatic heterocycles. The maximum absolute atomic E-state index is 12.2. The van der Waals surface area contributed by atoms with Crippen molar-refractivity contribution in [2.45, 2.75) is 29.8 Å². The molecule has 4 nitrogen and oxygen atoms in total. The van der Waals surface area contributed by atoms with Gasteiger partial charge in [0.1, 0.15) is 0 Å². The maximum Gasteiger partial charge on any atom is 0.446 e. The molecule has 0 heterocycles. The van der Waals surface area contributed by atoms with Crippen LogP contribution in [0.2, 0.25) is 0 Å². The van der Waals surface area contributed by atoms with Crippen LogP contribution >= 0.6 is 11.8 Å². The van der Waals surface area contributed by atoms with Crippen molar-refractivity contribution in [2.24, 2.45) is 0 Å². The van der Waals surface area contributed by atoms with Gasteiger partial charge in [-0.15, -0.1) is 0 Å². The molecule has 0 aliphatic carbocycles. The second-order valence-corrected chi connectivity index (χ2v) is 5.63. The van der Waals surface area contributed by atoms with Gasteiger partial charge < -0.3 is 10.4 Å². The van der Waals surface area contributed by atoms with Crippen molar-refractivity contribution in [3.8, 4) is 0 Å². The summed E-state index contributed by atoms with van der Waals surface area (Å²) in [4.78, 5) is 22.2. The smallest absolute Gasteiger partial charge is 0.446 e. The fraction of sp³-hybridized carbons (Fsp3) is 0.286. The first-order valence-corrected chi connectivity index (χ1v) is 6.96. The van der Waals surface area contributed by atoms with Crippen LogP contribution in [0.1, 0.15) is 24.9 Å². The zero-order valence-corrected chi connectivity index (χ0v) is 12.4. The number of benzene rings is 1. The Morgan fingerprint density at radius 1 is 1.32 bits per heavy atom. The van der Waals surface area contributed by atoms with E-state index in [9.17, 15) is 22.8 Å². The average molecular weight is 333 g/mol. The van der Waals surface area contributed by atoms with Crippen LogP contribution < -0.4 is 5.32 Å². The summed E-state index contributed by atoms with van der Waals surface area (Å²) in [6.45, 7) is 4.90. The largest absolute Gasteiger partial charge is 0.478 e. The number of thioether (sulfide) groups is 1. The quantitative estimate of drug-likeness (QED) is 0.618. The van der Waals surface area contributed by atoms with Crippen LogP contribution in [0.5, 0.6) is 0 Å². The van der Waals surface area contributed by atoms with Gasteiger partial charge in [-0.1, -0.05) is 18.7 Å². The third-order valence-corrected chi connectivity index (χ3v) is 3.41. The number of amides is 1. The minimum absolute atomic E-state index is 0.0500. The predicted molar refractivity (Wildman–Crippen MR) is 76.3 cm³/mol. The summed E-state index contributed by atoms with van der Waals surface area (Å²) in [7, 11) is 0. The number of carbonyl (C=O) groups excluding carboxylic acids is 1. The van der Waals surface area contributed by atoms with E-state index in [-0.39, 0.29) is 28.7 Å². The highest BCUT2D eigenvalue weighted by Gasteiger charge is 2.29. The van der Waals surface area contributed by atoms with E-state index in [1.807, 2.05) is 0 Å². The van der Waals surface area contributed by atoms with E-state index in [0.29, 0.717) is 5.56 Å². The molecule has 0 fully saturated rings. The van der Waals surface area contributed by atoms with Gasteiger partial charge in [0.15, 0.2) is 0 Å². The molecule has 22 heavy (non-hydrogen) atoms. The van der Waals surface area contributed by atoms with Crippen LogP contribution in [-0.4, -0.2) is 22.5 Å². The fourth-order valence-corrected chi connectivity index (χ4v) is 2.14. The third-order valence-electron chi connectivity index (χ3n) is 2.67. The lowest BCUT2D eigenvalue weighted by Gasteiger charge is -2.15. The molecule has 0 aliphatic rings. The normalized spacial score (nSPS) is 12.5. The molecule has 0 aromatic heterocycles. The second-order valence-electron chi connectivity index (χ2n) is 4.49. The Hall–Kier alpha value is -1.96. The zero-order chi connectivity index (χ0) is 16.9. The zero-order valence-electron chi connectivity index (χ0n) is 11.6. The van der Waals surface area contributed by atoms with Gasteiger partial charge in [0.05, 0.1) is 12.5 Å². The van der Waals surface area contributed by atoms with E-state index in [2.05, 4.69) is 11.9 Å². The van der Waals surface area contributed by atoms with Crippen LogP contribution in [0.15, 0.2) is 41.3 Å². The van der Waals surface area contributed by atoms with Gasteiger partial charge in [0, 0.05) is 10.5 Å². The molecule has 1 atom stereocenters. The topological polar surface area (TPSA) is 66.4 Å². The van der Waals surface area contributed by atoms with Gasteiger partial charge in [0.2, 0.25) is 5.91 Å². The first-order valence-electron chi connectivity index (χ1n) is 6.14. The van der Waals surface area contributed by atoms with Gasteiger partial charge >= 0.3 is 11.5 Å². The number of carbonyl (C=O) groups is 2. The Kier molecular flexibility index (Phi) is 6.04. The Morgan fingerprint density at radius 2 is 1.86 bits per heavy atom. The number of hydrogen-bond acceptors (Lipinski definition) is 3. The lowest BCUT2D eigenvalue weighted by molar-refractivity contribution is -0.134. The number of aliphatic carboxylic acids is 1. The van der Waals surface area contributed by atoms with Crippen molar-refractivity contribution in [1.29, 1.82) is 0 Å².